The Kier molecular flexibility index (Phi) is 5.85. The molecule has 2 atom stereocenters. The average molecular weight is 593 g/mol. The topological polar surface area (TPSA) is 6.48 Å². The molecule has 1 aliphatic carbocycles. The summed E-state index contributed by atoms with van der Waals surface area (Å²) in [6, 6.07) is 26.4. The van der Waals surface area contributed by atoms with Gasteiger partial charge in [0.2, 0.25) is 0 Å². The first-order valence-electron chi connectivity index (χ1n) is 17.3. The maximum atomic E-state index is 2.85. The lowest BCUT2D eigenvalue weighted by Crippen LogP contribution is -2.65. The molecule has 0 amide bonds. The van der Waals surface area contributed by atoms with Gasteiger partial charge in [0, 0.05) is 33.9 Å². The molecule has 45 heavy (non-hydrogen) atoms. The molecule has 4 aromatic carbocycles. The number of fused-ring (bicyclic) bond motifs is 7. The van der Waals surface area contributed by atoms with Gasteiger partial charge in [0.15, 0.2) is 0 Å². The van der Waals surface area contributed by atoms with Crippen molar-refractivity contribution in [2.24, 2.45) is 0 Å². The van der Waals surface area contributed by atoms with Crippen molar-refractivity contribution in [2.45, 2.75) is 117 Å². The fourth-order valence-corrected chi connectivity index (χ4v) is 9.80. The van der Waals surface area contributed by atoms with Crippen LogP contribution in [0.3, 0.4) is 0 Å². The fourth-order valence-electron chi connectivity index (χ4n) is 9.80. The summed E-state index contributed by atoms with van der Waals surface area (Å²) in [7, 11) is 0. The van der Waals surface area contributed by atoms with E-state index in [0.29, 0.717) is 0 Å². The summed E-state index contributed by atoms with van der Waals surface area (Å²) in [5, 5.41) is 0. The number of hydrogen-bond donors (Lipinski definition) is 0. The van der Waals surface area contributed by atoms with Crippen LogP contribution >= 0.6 is 0 Å². The lowest BCUT2D eigenvalue weighted by molar-refractivity contribution is 0.194. The highest BCUT2D eigenvalue weighted by Crippen LogP contribution is 2.62. The van der Waals surface area contributed by atoms with Gasteiger partial charge in [0.1, 0.15) is 0 Å². The smallest absolute Gasteiger partial charge is 0.252 e. The van der Waals surface area contributed by atoms with E-state index in [2.05, 4.69) is 146 Å². The fraction of sp³-hybridized carbons (Fsp3) is 0.429. The third-order valence-corrected chi connectivity index (χ3v) is 12.3. The lowest BCUT2D eigenvalue weighted by Gasteiger charge is -2.53. The lowest BCUT2D eigenvalue weighted by atomic mass is 9.32. The summed E-state index contributed by atoms with van der Waals surface area (Å²) in [6.07, 6.45) is 5.10. The molecule has 3 heterocycles. The van der Waals surface area contributed by atoms with Gasteiger partial charge >= 0.3 is 0 Å². The summed E-state index contributed by atoms with van der Waals surface area (Å²) < 4.78 is 0. The van der Waals surface area contributed by atoms with Crippen LogP contribution in [0, 0.1) is 13.8 Å². The number of aryl methyl sites for hydroxylation is 2. The number of benzene rings is 4. The molecule has 4 aliphatic rings. The Morgan fingerprint density at radius 2 is 1.33 bits per heavy atom. The molecule has 3 aliphatic heterocycles. The minimum Gasteiger partial charge on any atom is -0.335 e. The van der Waals surface area contributed by atoms with E-state index in [1.54, 1.807) is 11.0 Å². The van der Waals surface area contributed by atoms with E-state index < -0.39 is 0 Å². The van der Waals surface area contributed by atoms with Gasteiger partial charge in [-0.1, -0.05) is 103 Å². The molecule has 3 heteroatoms. The van der Waals surface area contributed by atoms with Crippen molar-refractivity contribution in [1.82, 2.24) is 0 Å². The van der Waals surface area contributed by atoms with Gasteiger partial charge in [-0.25, -0.2) is 0 Å². The second kappa shape index (κ2) is 9.08. The molecule has 0 radical (unpaired) electrons. The van der Waals surface area contributed by atoms with E-state index in [9.17, 15) is 0 Å². The number of rotatable bonds is 1. The van der Waals surface area contributed by atoms with Crippen molar-refractivity contribution < 1.29 is 0 Å². The standard InChI is InChI=1S/C42H49BN2/c1-26-23-27(2)36-38-35(26)41(9)21-11-12-22-42(41,10)45(38)33-18-14-17-32-37(33)43(36)31-20-19-29(40(6,7)8)25-34(31)44(32)30-16-13-15-28(24-30)39(3,4)5/h13-20,23-25H,11-12,21-22H2,1-10H3. The maximum Gasteiger partial charge on any atom is 0.252 e. The Labute approximate surface area is 271 Å². The van der Waals surface area contributed by atoms with E-state index in [0.717, 1.165) is 0 Å². The molecule has 0 N–H and O–H groups in total. The predicted octanol–water partition coefficient (Wildman–Crippen LogP) is 9.25. The molecular formula is C42H49BN2. The summed E-state index contributed by atoms with van der Waals surface area (Å²) in [6.45, 7) is 24.1. The first-order chi connectivity index (χ1) is 21.2. The second-order valence-electron chi connectivity index (χ2n) is 17.1. The van der Waals surface area contributed by atoms with Crippen molar-refractivity contribution in [1.29, 1.82) is 0 Å². The second-order valence-corrected chi connectivity index (χ2v) is 17.1. The largest absolute Gasteiger partial charge is 0.335 e. The van der Waals surface area contributed by atoms with Gasteiger partial charge in [-0.15, -0.1) is 0 Å². The van der Waals surface area contributed by atoms with Crippen LogP contribution in [-0.4, -0.2) is 12.3 Å². The van der Waals surface area contributed by atoms with Crippen molar-refractivity contribution in [3.8, 4) is 0 Å². The number of hydrogen-bond acceptors (Lipinski definition) is 2. The van der Waals surface area contributed by atoms with E-state index in [1.807, 2.05) is 0 Å². The van der Waals surface area contributed by atoms with Crippen LogP contribution in [-0.2, 0) is 16.2 Å². The molecule has 8 rings (SSSR count). The molecule has 0 saturated heterocycles. The maximum absolute atomic E-state index is 2.85. The molecule has 0 bridgehead atoms. The monoisotopic (exact) mass is 592 g/mol. The molecule has 1 saturated carbocycles. The number of anilines is 5. The molecule has 1 fully saturated rings. The Balaban J connectivity index is 1.49. The molecule has 2 unspecified atom stereocenters. The van der Waals surface area contributed by atoms with Crippen LogP contribution in [0.4, 0.5) is 28.4 Å². The van der Waals surface area contributed by atoms with E-state index in [1.165, 1.54) is 87.3 Å². The minimum atomic E-state index is 0.0499. The van der Waals surface area contributed by atoms with E-state index in [4.69, 9.17) is 0 Å². The SMILES string of the molecule is Cc1cc(C)c2c3c1B1c4ccc(C(C)(C)C)cc4N(c4cccc(C(C)(C)C)c4)c4cccc(c41)N3C1(C)CCCCC21C. The zero-order chi connectivity index (χ0) is 31.8. The first kappa shape index (κ1) is 29.0. The van der Waals surface area contributed by atoms with Crippen LogP contribution in [0.15, 0.2) is 66.7 Å². The van der Waals surface area contributed by atoms with Gasteiger partial charge < -0.3 is 9.80 Å². The van der Waals surface area contributed by atoms with Crippen molar-refractivity contribution in [3.63, 3.8) is 0 Å². The first-order valence-corrected chi connectivity index (χ1v) is 17.3. The van der Waals surface area contributed by atoms with Gasteiger partial charge in [0.05, 0.1) is 5.54 Å². The zero-order valence-electron chi connectivity index (χ0n) is 29.2. The van der Waals surface area contributed by atoms with Crippen LogP contribution in [0.2, 0.25) is 0 Å². The highest BCUT2D eigenvalue weighted by Gasteiger charge is 2.62. The third kappa shape index (κ3) is 3.70. The Morgan fingerprint density at radius 3 is 2.07 bits per heavy atom. The summed E-state index contributed by atoms with van der Waals surface area (Å²) in [4.78, 5) is 5.45. The van der Waals surface area contributed by atoms with E-state index >= 15 is 0 Å². The van der Waals surface area contributed by atoms with Gasteiger partial charge in [0.25, 0.3) is 6.71 Å². The Morgan fingerprint density at radius 1 is 0.667 bits per heavy atom. The molecular weight excluding hydrogens is 543 g/mol. The van der Waals surface area contributed by atoms with Gasteiger partial charge in [-0.3, -0.25) is 0 Å². The van der Waals surface area contributed by atoms with Crippen molar-refractivity contribution >= 4 is 51.5 Å². The van der Waals surface area contributed by atoms with Crippen LogP contribution in [0.5, 0.6) is 0 Å². The zero-order valence-corrected chi connectivity index (χ0v) is 29.2. The van der Waals surface area contributed by atoms with Crippen molar-refractivity contribution in [2.75, 3.05) is 9.80 Å². The van der Waals surface area contributed by atoms with Crippen LogP contribution in [0.1, 0.15) is 109 Å². The minimum absolute atomic E-state index is 0.0499. The Hall–Kier alpha value is -3.46. The molecule has 4 aromatic rings. The van der Waals surface area contributed by atoms with Gasteiger partial charge in [-0.05, 0) is 113 Å². The quantitative estimate of drug-likeness (QED) is 0.179. The highest BCUT2D eigenvalue weighted by molar-refractivity contribution is 7.00. The van der Waals surface area contributed by atoms with Crippen LogP contribution < -0.4 is 26.2 Å². The summed E-state index contributed by atoms with van der Waals surface area (Å²) in [5.41, 5.74) is 18.9. The predicted molar refractivity (Wildman–Crippen MR) is 195 cm³/mol. The summed E-state index contributed by atoms with van der Waals surface area (Å²) in [5.74, 6) is 0. The average Bonchev–Trinajstić information content (AvgIpc) is 3.20. The number of nitrogens with zero attached hydrogens (tertiary/aromatic N) is 2. The normalized spacial score (nSPS) is 23.0. The van der Waals surface area contributed by atoms with Gasteiger partial charge in [-0.2, -0.15) is 0 Å². The third-order valence-electron chi connectivity index (χ3n) is 12.3. The summed E-state index contributed by atoms with van der Waals surface area (Å²) >= 11 is 0. The van der Waals surface area contributed by atoms with Crippen LogP contribution in [0.25, 0.3) is 0 Å². The molecule has 230 valence electrons. The molecule has 2 nitrogen and oxygen atoms in total. The highest BCUT2D eigenvalue weighted by atomic mass is 15.3. The molecule has 0 aromatic heterocycles. The van der Waals surface area contributed by atoms with Crippen molar-refractivity contribution in [3.05, 3.63) is 94.5 Å². The van der Waals surface area contributed by atoms with E-state index in [-0.39, 0.29) is 28.5 Å². The Bertz CT molecular complexity index is 1910. The molecule has 0 spiro atoms.